The van der Waals surface area contributed by atoms with Crippen LogP contribution >= 0.6 is 50.9 Å². The Kier molecular flexibility index (Phi) is 5.29. The molecule has 4 nitrogen and oxygen atoms in total. The molecule has 0 aliphatic rings. The zero-order valence-corrected chi connectivity index (χ0v) is 13.1. The summed E-state index contributed by atoms with van der Waals surface area (Å²) in [6.07, 6.45) is 1.05. The summed E-state index contributed by atoms with van der Waals surface area (Å²) in [6.45, 7) is 0. The fraction of sp³-hybridized carbons (Fsp3) is 0.300. The molecule has 1 aromatic carbocycles. The van der Waals surface area contributed by atoms with Crippen LogP contribution in [-0.4, -0.2) is 31.3 Å². The molecule has 0 atom stereocenters. The van der Waals surface area contributed by atoms with E-state index < -0.39 is 0 Å². The van der Waals surface area contributed by atoms with Gasteiger partial charge in [-0.25, -0.2) is 0 Å². The van der Waals surface area contributed by atoms with Crippen LogP contribution in [0.5, 0.6) is 0 Å². The second-order valence-corrected chi connectivity index (χ2v) is 6.03. The molecular formula is C10H9BrCl2N4S. The number of thioether (sulfide) groups is 1. The second kappa shape index (κ2) is 6.75. The number of rotatable bonds is 5. The van der Waals surface area contributed by atoms with Gasteiger partial charge in [0.1, 0.15) is 0 Å². The first kappa shape index (κ1) is 14.1. The maximum Gasteiger partial charge on any atom is 0.214 e. The first-order valence-electron chi connectivity index (χ1n) is 5.15. The molecule has 0 saturated carbocycles. The van der Waals surface area contributed by atoms with Crippen molar-refractivity contribution < 1.29 is 0 Å². The van der Waals surface area contributed by atoms with Crippen LogP contribution in [0.25, 0.3) is 5.69 Å². The van der Waals surface area contributed by atoms with Crippen LogP contribution in [0.2, 0.25) is 10.0 Å². The van der Waals surface area contributed by atoms with E-state index >= 15 is 0 Å². The lowest BCUT2D eigenvalue weighted by atomic mass is 10.3. The maximum absolute atomic E-state index is 5.98. The molecule has 0 amide bonds. The van der Waals surface area contributed by atoms with E-state index in [9.17, 15) is 0 Å². The minimum atomic E-state index is 0.487. The zero-order valence-electron chi connectivity index (χ0n) is 9.18. The molecule has 18 heavy (non-hydrogen) atoms. The Bertz CT molecular complexity index is 534. The molecule has 0 radical (unpaired) electrons. The first-order chi connectivity index (χ1) is 8.72. The average Bonchev–Trinajstić information content (AvgIpc) is 2.81. The summed E-state index contributed by atoms with van der Waals surface area (Å²) in [7, 11) is 0. The van der Waals surface area contributed by atoms with Crippen LogP contribution in [0.4, 0.5) is 0 Å². The quantitative estimate of drug-likeness (QED) is 0.457. The third-order valence-electron chi connectivity index (χ3n) is 2.10. The topological polar surface area (TPSA) is 43.6 Å². The minimum Gasteiger partial charge on any atom is -0.187 e. The van der Waals surface area contributed by atoms with Gasteiger partial charge in [-0.15, -0.1) is 5.10 Å². The summed E-state index contributed by atoms with van der Waals surface area (Å²) >= 11 is 16.9. The van der Waals surface area contributed by atoms with Crippen LogP contribution in [0.3, 0.4) is 0 Å². The Morgan fingerprint density at radius 1 is 1.28 bits per heavy atom. The Labute approximate surface area is 127 Å². The molecule has 2 aromatic rings. The summed E-state index contributed by atoms with van der Waals surface area (Å²) < 4.78 is 1.65. The molecule has 0 N–H and O–H groups in total. The van der Waals surface area contributed by atoms with Crippen LogP contribution < -0.4 is 0 Å². The third-order valence-corrected chi connectivity index (χ3v) is 4.40. The van der Waals surface area contributed by atoms with Gasteiger partial charge in [0.05, 0.1) is 15.7 Å². The standard InChI is InChI=1S/C10H9BrCl2N4S/c11-4-1-5-18-10-14-15-16-17(10)7-2-3-8(12)9(13)6-7/h2-3,6H,1,4-5H2. The number of tetrazole rings is 1. The molecule has 0 spiro atoms. The van der Waals surface area contributed by atoms with Gasteiger partial charge < -0.3 is 0 Å². The molecule has 0 unspecified atom stereocenters. The smallest absolute Gasteiger partial charge is 0.187 e. The lowest BCUT2D eigenvalue weighted by Crippen LogP contribution is -1.99. The molecule has 1 heterocycles. The number of alkyl halides is 1. The van der Waals surface area contributed by atoms with Crippen molar-refractivity contribution in [2.45, 2.75) is 11.6 Å². The molecule has 8 heteroatoms. The number of hydrogen-bond acceptors (Lipinski definition) is 4. The summed E-state index contributed by atoms with van der Waals surface area (Å²) in [5.41, 5.74) is 0.802. The van der Waals surface area contributed by atoms with Gasteiger partial charge in [0.15, 0.2) is 0 Å². The van der Waals surface area contributed by atoms with E-state index in [4.69, 9.17) is 23.2 Å². The maximum atomic E-state index is 5.98. The van der Waals surface area contributed by atoms with Crippen molar-refractivity contribution in [2.24, 2.45) is 0 Å². The van der Waals surface area contributed by atoms with E-state index in [0.717, 1.165) is 28.3 Å². The van der Waals surface area contributed by atoms with Crippen molar-refractivity contribution in [3.05, 3.63) is 28.2 Å². The lowest BCUT2D eigenvalue weighted by molar-refractivity contribution is 0.756. The van der Waals surface area contributed by atoms with Crippen LogP contribution in [0, 0.1) is 0 Å². The molecule has 0 fully saturated rings. The number of aromatic nitrogens is 4. The van der Waals surface area contributed by atoms with E-state index in [0.29, 0.717) is 10.0 Å². The Hall–Kier alpha value is -0.300. The number of halogens is 3. The number of hydrogen-bond donors (Lipinski definition) is 0. The summed E-state index contributed by atoms with van der Waals surface area (Å²) in [5, 5.41) is 14.3. The lowest BCUT2D eigenvalue weighted by Gasteiger charge is -2.05. The SMILES string of the molecule is Clc1ccc(-n2nnnc2SCCCBr)cc1Cl. The van der Waals surface area contributed by atoms with Crippen LogP contribution in [0.1, 0.15) is 6.42 Å². The van der Waals surface area contributed by atoms with Gasteiger partial charge in [-0.2, -0.15) is 4.68 Å². The van der Waals surface area contributed by atoms with Crippen LogP contribution in [0.15, 0.2) is 23.4 Å². The fourth-order valence-electron chi connectivity index (χ4n) is 1.27. The second-order valence-electron chi connectivity index (χ2n) is 3.36. The van der Waals surface area contributed by atoms with Gasteiger partial charge >= 0.3 is 0 Å². The molecule has 0 aliphatic carbocycles. The molecule has 0 bridgehead atoms. The Morgan fingerprint density at radius 3 is 2.83 bits per heavy atom. The largest absolute Gasteiger partial charge is 0.214 e. The molecule has 96 valence electrons. The van der Waals surface area contributed by atoms with Crippen molar-refractivity contribution in [2.75, 3.05) is 11.1 Å². The molecule has 2 rings (SSSR count). The predicted molar refractivity (Wildman–Crippen MR) is 78.3 cm³/mol. The van der Waals surface area contributed by atoms with Gasteiger partial charge in [-0.3, -0.25) is 0 Å². The fourth-order valence-corrected chi connectivity index (χ4v) is 3.04. The highest BCUT2D eigenvalue weighted by molar-refractivity contribution is 9.09. The molecule has 0 aliphatic heterocycles. The summed E-state index contributed by atoms with van der Waals surface area (Å²) in [4.78, 5) is 0. The number of nitrogens with zero attached hydrogens (tertiary/aromatic N) is 4. The Morgan fingerprint density at radius 2 is 2.11 bits per heavy atom. The van der Waals surface area contributed by atoms with E-state index in [1.54, 1.807) is 28.6 Å². The van der Waals surface area contributed by atoms with Crippen molar-refractivity contribution in [1.82, 2.24) is 20.2 Å². The van der Waals surface area contributed by atoms with Gasteiger partial charge in [-0.05, 0) is 35.0 Å². The molecular weight excluding hydrogens is 359 g/mol. The van der Waals surface area contributed by atoms with Crippen LogP contribution in [-0.2, 0) is 0 Å². The molecule has 1 aromatic heterocycles. The summed E-state index contributed by atoms with van der Waals surface area (Å²) in [6, 6.07) is 5.31. The highest BCUT2D eigenvalue weighted by atomic mass is 79.9. The number of benzene rings is 1. The normalized spacial score (nSPS) is 10.8. The monoisotopic (exact) mass is 366 g/mol. The van der Waals surface area contributed by atoms with Crippen molar-refractivity contribution in [1.29, 1.82) is 0 Å². The predicted octanol–water partition coefficient (Wildman–Crippen LogP) is 3.85. The van der Waals surface area contributed by atoms with E-state index in [-0.39, 0.29) is 0 Å². The average molecular weight is 368 g/mol. The minimum absolute atomic E-state index is 0.487. The van der Waals surface area contributed by atoms with Crippen molar-refractivity contribution in [3.8, 4) is 5.69 Å². The van der Waals surface area contributed by atoms with Gasteiger partial charge in [-0.1, -0.05) is 50.9 Å². The first-order valence-corrected chi connectivity index (χ1v) is 8.01. The van der Waals surface area contributed by atoms with E-state index in [1.807, 2.05) is 6.07 Å². The van der Waals surface area contributed by atoms with Gasteiger partial charge in [0.25, 0.3) is 0 Å². The Balaban J connectivity index is 2.22. The third kappa shape index (κ3) is 3.38. The van der Waals surface area contributed by atoms with Gasteiger partial charge in [0.2, 0.25) is 5.16 Å². The molecule has 0 saturated heterocycles. The van der Waals surface area contributed by atoms with E-state index in [1.165, 1.54) is 0 Å². The highest BCUT2D eigenvalue weighted by Crippen LogP contribution is 2.26. The highest BCUT2D eigenvalue weighted by Gasteiger charge is 2.10. The van der Waals surface area contributed by atoms with Gasteiger partial charge in [0, 0.05) is 11.1 Å². The summed E-state index contributed by atoms with van der Waals surface area (Å²) in [5.74, 6) is 0.951. The van der Waals surface area contributed by atoms with Crippen molar-refractivity contribution in [3.63, 3.8) is 0 Å². The zero-order chi connectivity index (χ0) is 13.0. The van der Waals surface area contributed by atoms with E-state index in [2.05, 4.69) is 31.5 Å². The van der Waals surface area contributed by atoms with Crippen molar-refractivity contribution >= 4 is 50.9 Å².